The Kier molecular flexibility index (Phi) is 7.19. The van der Waals surface area contributed by atoms with Crippen LogP contribution < -0.4 is 11.1 Å². The van der Waals surface area contributed by atoms with E-state index in [4.69, 9.17) is 5.73 Å². The molecule has 3 N–H and O–H groups in total. The normalized spacial score (nSPS) is 18.9. The summed E-state index contributed by atoms with van der Waals surface area (Å²) in [6.45, 7) is -0.301. The molecule has 4 aromatic rings. The number of amides is 1. The Labute approximate surface area is 239 Å². The number of primary amides is 1. The van der Waals surface area contributed by atoms with Crippen LogP contribution in [0, 0.1) is 23.4 Å². The van der Waals surface area contributed by atoms with Gasteiger partial charge in [0.1, 0.15) is 35.2 Å². The Morgan fingerprint density at radius 2 is 1.84 bits per heavy atom. The molecule has 2 aliphatic carbocycles. The lowest BCUT2D eigenvalue weighted by molar-refractivity contribution is -0.0310. The summed E-state index contributed by atoms with van der Waals surface area (Å²) in [5.41, 5.74) is 4.80. The highest BCUT2D eigenvalue weighted by atomic mass is 19.3. The summed E-state index contributed by atoms with van der Waals surface area (Å²) < 4.78 is 101. The van der Waals surface area contributed by atoms with Crippen LogP contribution in [-0.2, 0) is 18.9 Å². The van der Waals surface area contributed by atoms with Gasteiger partial charge in [0.25, 0.3) is 18.3 Å². The van der Waals surface area contributed by atoms with Crippen molar-refractivity contribution in [3.63, 3.8) is 0 Å². The number of fused-ring (bicyclic) bond motifs is 3. The maximum atomic E-state index is 15.0. The Morgan fingerprint density at radius 3 is 2.53 bits per heavy atom. The summed E-state index contributed by atoms with van der Waals surface area (Å²) in [7, 11) is 0. The largest absolute Gasteiger partial charge is 0.366 e. The highest BCUT2D eigenvalue weighted by Gasteiger charge is 2.67. The van der Waals surface area contributed by atoms with Crippen molar-refractivity contribution >= 4 is 5.91 Å². The molecule has 6 rings (SSSR count). The van der Waals surface area contributed by atoms with Gasteiger partial charge >= 0.3 is 0 Å². The van der Waals surface area contributed by atoms with E-state index in [2.05, 4.69) is 20.4 Å². The third-order valence-electron chi connectivity index (χ3n) is 7.86. The molecule has 14 heteroatoms. The Bertz CT molecular complexity index is 1710. The van der Waals surface area contributed by atoms with Crippen LogP contribution in [0.25, 0.3) is 11.1 Å². The van der Waals surface area contributed by atoms with Crippen LogP contribution in [0.15, 0.2) is 48.9 Å². The predicted octanol–water partition coefficient (Wildman–Crippen LogP) is 5.58. The van der Waals surface area contributed by atoms with Crippen molar-refractivity contribution in [2.24, 2.45) is 11.7 Å². The number of benzene rings is 2. The van der Waals surface area contributed by atoms with Gasteiger partial charge in [-0.3, -0.25) is 9.48 Å². The first-order valence-electron chi connectivity index (χ1n) is 13.3. The summed E-state index contributed by atoms with van der Waals surface area (Å²) >= 11 is 0. The molecule has 0 saturated heterocycles. The number of rotatable bonds is 10. The minimum absolute atomic E-state index is 0.0532. The zero-order valence-corrected chi connectivity index (χ0v) is 22.2. The second kappa shape index (κ2) is 10.7. The van der Waals surface area contributed by atoms with E-state index >= 15 is 8.78 Å². The highest BCUT2D eigenvalue weighted by Crippen LogP contribution is 2.68. The maximum Gasteiger partial charge on any atom is 0.293 e. The van der Waals surface area contributed by atoms with Gasteiger partial charge in [0.2, 0.25) is 0 Å². The fraction of sp³-hybridized carbons (Fsp3) is 0.310. The van der Waals surface area contributed by atoms with Gasteiger partial charge in [-0.1, -0.05) is 6.07 Å². The molecule has 43 heavy (non-hydrogen) atoms. The van der Waals surface area contributed by atoms with Crippen molar-refractivity contribution in [1.82, 2.24) is 25.1 Å². The molecule has 1 saturated carbocycles. The van der Waals surface area contributed by atoms with Gasteiger partial charge < -0.3 is 11.1 Å². The summed E-state index contributed by atoms with van der Waals surface area (Å²) in [5, 5.41) is 6.94. The minimum atomic E-state index is -3.29. The van der Waals surface area contributed by atoms with Gasteiger partial charge in [-0.25, -0.2) is 31.9 Å². The molecule has 3 atom stereocenters. The fourth-order valence-corrected chi connectivity index (χ4v) is 5.92. The second-order valence-corrected chi connectivity index (χ2v) is 10.6. The zero-order valence-electron chi connectivity index (χ0n) is 22.2. The Morgan fingerprint density at radius 1 is 1.09 bits per heavy atom. The van der Waals surface area contributed by atoms with Gasteiger partial charge in [0, 0.05) is 35.9 Å². The average Bonchev–Trinajstić information content (AvgIpc) is 3.60. The van der Waals surface area contributed by atoms with Crippen molar-refractivity contribution in [2.45, 2.75) is 43.7 Å². The van der Waals surface area contributed by atoms with Gasteiger partial charge in [-0.05, 0) is 54.2 Å². The molecule has 1 amide bonds. The first kappa shape index (κ1) is 28.8. The van der Waals surface area contributed by atoms with Crippen LogP contribution in [0.4, 0.5) is 30.7 Å². The molecule has 224 valence electrons. The molecule has 2 heterocycles. The number of hydrogen-bond donors (Lipinski definition) is 2. The van der Waals surface area contributed by atoms with Crippen molar-refractivity contribution in [3.05, 3.63) is 100 Å². The van der Waals surface area contributed by atoms with E-state index in [0.717, 1.165) is 22.9 Å². The second-order valence-electron chi connectivity index (χ2n) is 10.6. The van der Waals surface area contributed by atoms with E-state index in [1.54, 1.807) is 0 Å². The number of carbonyl (C=O) groups excluding carboxylic acids is 1. The van der Waals surface area contributed by atoms with Crippen LogP contribution in [0.2, 0.25) is 0 Å². The average molecular weight is 605 g/mol. The van der Waals surface area contributed by atoms with Crippen molar-refractivity contribution in [2.75, 3.05) is 6.54 Å². The van der Waals surface area contributed by atoms with Crippen molar-refractivity contribution in [3.8, 4) is 11.1 Å². The Hall–Kier alpha value is -4.33. The predicted molar refractivity (Wildman–Crippen MR) is 139 cm³/mol. The number of nitrogens with two attached hydrogens (primary N) is 1. The molecule has 2 aromatic heterocycles. The van der Waals surface area contributed by atoms with Gasteiger partial charge in [0.15, 0.2) is 0 Å². The summed E-state index contributed by atoms with van der Waals surface area (Å²) in [6.07, 6.45) is -0.336. The maximum absolute atomic E-state index is 15.0. The monoisotopic (exact) mass is 604 g/mol. The van der Waals surface area contributed by atoms with Gasteiger partial charge in [-0.15, -0.1) is 0 Å². The lowest BCUT2D eigenvalue weighted by Gasteiger charge is -2.22. The molecular weight excluding hydrogens is 581 g/mol. The Balaban J connectivity index is 1.34. The molecule has 7 nitrogen and oxygen atoms in total. The van der Waals surface area contributed by atoms with Crippen molar-refractivity contribution in [1.29, 1.82) is 0 Å². The quantitative estimate of drug-likeness (QED) is 0.231. The lowest BCUT2D eigenvalue weighted by atomic mass is 9.95. The number of aromatic nitrogens is 4. The zero-order chi connectivity index (χ0) is 30.6. The van der Waals surface area contributed by atoms with E-state index in [0.29, 0.717) is 17.2 Å². The van der Waals surface area contributed by atoms with Crippen LogP contribution in [0.1, 0.15) is 63.4 Å². The van der Waals surface area contributed by atoms with E-state index in [9.17, 15) is 26.7 Å². The summed E-state index contributed by atoms with van der Waals surface area (Å²) in [6, 6.07) is 5.72. The van der Waals surface area contributed by atoms with Crippen LogP contribution >= 0.6 is 0 Å². The third-order valence-corrected chi connectivity index (χ3v) is 7.86. The molecule has 0 bridgehead atoms. The number of alkyl halides is 4. The van der Waals surface area contributed by atoms with E-state index in [-0.39, 0.29) is 48.3 Å². The molecule has 0 radical (unpaired) electrons. The molecule has 0 aliphatic heterocycles. The van der Waals surface area contributed by atoms with Gasteiger partial charge in [0.05, 0.1) is 23.8 Å². The molecule has 1 fully saturated rings. The van der Waals surface area contributed by atoms with Crippen molar-refractivity contribution < 1.29 is 35.5 Å². The lowest BCUT2D eigenvalue weighted by Crippen LogP contribution is -2.30. The van der Waals surface area contributed by atoms with Crippen LogP contribution in [-0.4, -0.2) is 32.2 Å². The topological polar surface area (TPSA) is 98.7 Å². The molecule has 0 spiro atoms. The smallest absolute Gasteiger partial charge is 0.293 e. The standard InChI is InChI=1S/C29H23F7N6O/c30-15-5-13(6-16(31)9-15)7-22(24-19(11-38-12-40-24)14-1-2-21(32)18(8-14)28(37)43)39-3-4-42-26-23(25(41-42)27(33)34)17-10-20(17)29(26,35)36/h1-2,5-6,8-9,11-12,17,20,22,27,39H,3-4,7,10H2,(H2,37,43)/t17?,20?,22-/m0/s1. The SMILES string of the molecule is NC(=O)c1cc(-c2cncnc2[C@H](Cc2cc(F)cc(F)c2)NCCn2nc(C(F)F)c3c2C(F)(F)C2CC32)ccc1F. The van der Waals surface area contributed by atoms with Crippen LogP contribution in [0.3, 0.4) is 0 Å². The third kappa shape index (κ3) is 5.24. The molecule has 2 aromatic carbocycles. The molecular formula is C29H23F7N6O. The summed E-state index contributed by atoms with van der Waals surface area (Å²) in [5.74, 6) is -8.45. The fourth-order valence-electron chi connectivity index (χ4n) is 5.92. The molecule has 2 unspecified atom stereocenters. The number of halogens is 7. The first-order chi connectivity index (χ1) is 20.5. The van der Waals surface area contributed by atoms with Crippen LogP contribution in [0.5, 0.6) is 0 Å². The number of nitrogens with zero attached hydrogens (tertiary/aromatic N) is 4. The summed E-state index contributed by atoms with van der Waals surface area (Å²) in [4.78, 5) is 20.1. The van der Waals surface area contributed by atoms with Gasteiger partial charge in [-0.2, -0.15) is 13.9 Å². The number of hydrogen-bond acceptors (Lipinski definition) is 5. The highest BCUT2D eigenvalue weighted by molar-refractivity contribution is 5.94. The van der Waals surface area contributed by atoms with E-state index < -0.39 is 65.0 Å². The van der Waals surface area contributed by atoms with E-state index in [1.165, 1.54) is 24.7 Å². The number of nitrogens with one attached hydrogen (secondary N) is 1. The molecule has 2 aliphatic rings. The number of carbonyl (C=O) groups is 1. The minimum Gasteiger partial charge on any atom is -0.366 e. The first-order valence-corrected chi connectivity index (χ1v) is 13.3. The van der Waals surface area contributed by atoms with E-state index in [1.807, 2.05) is 0 Å².